The van der Waals surface area contributed by atoms with E-state index in [9.17, 15) is 9.18 Å². The van der Waals surface area contributed by atoms with E-state index in [1.165, 1.54) is 16.6 Å². The van der Waals surface area contributed by atoms with E-state index in [4.69, 9.17) is 11.6 Å². The maximum Gasteiger partial charge on any atom is 0.270 e. The molecule has 0 aliphatic carbocycles. The van der Waals surface area contributed by atoms with Gasteiger partial charge >= 0.3 is 0 Å². The number of fused-ring (bicyclic) bond motifs is 1. The zero-order valence-corrected chi connectivity index (χ0v) is 17.5. The number of hydrogen-bond donors (Lipinski definition) is 1. The molecule has 0 unspecified atom stereocenters. The van der Waals surface area contributed by atoms with Gasteiger partial charge in [-0.2, -0.15) is 5.10 Å². The first-order valence-electron chi connectivity index (χ1n) is 9.45. The Hall–Kier alpha value is -3.25. The minimum atomic E-state index is -0.422. The van der Waals surface area contributed by atoms with Crippen molar-refractivity contribution in [1.82, 2.24) is 19.9 Å². The highest BCUT2D eigenvalue weighted by atomic mass is 35.5. The van der Waals surface area contributed by atoms with E-state index in [-0.39, 0.29) is 11.7 Å². The summed E-state index contributed by atoms with van der Waals surface area (Å²) in [5.41, 5.74) is 3.22. The third-order valence-electron chi connectivity index (χ3n) is 4.43. The molecular weight excluding hydrogens is 403 g/mol. The van der Waals surface area contributed by atoms with Gasteiger partial charge in [-0.15, -0.1) is 0 Å². The van der Waals surface area contributed by atoms with Gasteiger partial charge in [0.1, 0.15) is 11.5 Å². The van der Waals surface area contributed by atoms with E-state index >= 15 is 0 Å². The first-order chi connectivity index (χ1) is 14.2. The molecule has 2 aromatic heterocycles. The number of carbonyl (C=O) groups is 1. The van der Waals surface area contributed by atoms with Gasteiger partial charge in [-0.25, -0.2) is 13.9 Å². The maximum absolute atomic E-state index is 13.4. The fourth-order valence-electron chi connectivity index (χ4n) is 3.07. The molecular formula is C23H20ClFN4O. The maximum atomic E-state index is 13.4. The number of carbonyl (C=O) groups excluding carboxylic acids is 1. The Labute approximate surface area is 178 Å². The highest BCUT2D eigenvalue weighted by Gasteiger charge is 2.21. The molecule has 0 aliphatic heterocycles. The second-order valence-corrected chi connectivity index (χ2v) is 8.48. The smallest absolute Gasteiger partial charge is 0.270 e. The van der Waals surface area contributed by atoms with Crippen molar-refractivity contribution < 1.29 is 9.18 Å². The molecule has 0 saturated heterocycles. The molecule has 0 aliphatic rings. The molecule has 1 N–H and O–H groups in total. The molecule has 7 heteroatoms. The Kier molecular flexibility index (Phi) is 5.03. The number of halogens is 2. The van der Waals surface area contributed by atoms with Crippen LogP contribution in [0.2, 0.25) is 5.02 Å². The highest BCUT2D eigenvalue weighted by molar-refractivity contribution is 6.30. The predicted octanol–water partition coefficient (Wildman–Crippen LogP) is 5.38. The van der Waals surface area contributed by atoms with E-state index in [0.717, 1.165) is 5.56 Å². The van der Waals surface area contributed by atoms with Crippen LogP contribution < -0.4 is 5.32 Å². The summed E-state index contributed by atoms with van der Waals surface area (Å²) in [5.74, 6) is -0.607. The van der Waals surface area contributed by atoms with Gasteiger partial charge in [-0.05, 0) is 63.2 Å². The van der Waals surface area contributed by atoms with Gasteiger partial charge in [-0.1, -0.05) is 23.7 Å². The lowest BCUT2D eigenvalue weighted by Gasteiger charge is -2.20. The molecule has 2 aromatic carbocycles. The number of hydrogen-bond acceptors (Lipinski definition) is 3. The summed E-state index contributed by atoms with van der Waals surface area (Å²) >= 11 is 5.99. The van der Waals surface area contributed by atoms with Crippen LogP contribution in [0.25, 0.3) is 28.2 Å². The molecule has 0 saturated carbocycles. The van der Waals surface area contributed by atoms with E-state index in [1.54, 1.807) is 30.3 Å². The van der Waals surface area contributed by atoms with Crippen LogP contribution in [0.1, 0.15) is 31.3 Å². The molecule has 0 fully saturated rings. The molecule has 1 amide bonds. The second kappa shape index (κ2) is 7.54. The summed E-state index contributed by atoms with van der Waals surface area (Å²) in [5, 5.41) is 8.20. The van der Waals surface area contributed by atoms with Crippen molar-refractivity contribution in [2.24, 2.45) is 0 Å². The van der Waals surface area contributed by atoms with Gasteiger partial charge in [-0.3, -0.25) is 4.79 Å². The molecule has 2 heterocycles. The van der Waals surface area contributed by atoms with Gasteiger partial charge in [0.2, 0.25) is 0 Å². The summed E-state index contributed by atoms with van der Waals surface area (Å²) in [6.45, 7) is 5.73. The van der Waals surface area contributed by atoms with E-state index in [1.807, 2.05) is 39.0 Å². The summed E-state index contributed by atoms with van der Waals surface area (Å²) in [4.78, 5) is 17.7. The van der Waals surface area contributed by atoms with Crippen LogP contribution in [0, 0.1) is 5.82 Å². The Morgan fingerprint density at radius 3 is 2.20 bits per heavy atom. The highest BCUT2D eigenvalue weighted by Crippen LogP contribution is 2.25. The summed E-state index contributed by atoms with van der Waals surface area (Å²) in [6, 6.07) is 16.8. The van der Waals surface area contributed by atoms with Crippen molar-refractivity contribution in [3.63, 3.8) is 0 Å². The lowest BCUT2D eigenvalue weighted by molar-refractivity contribution is 0.0912. The third kappa shape index (κ3) is 4.19. The normalized spacial score (nSPS) is 11.6. The number of nitrogens with one attached hydrogen (secondary N) is 1. The zero-order valence-electron chi connectivity index (χ0n) is 16.8. The van der Waals surface area contributed by atoms with Crippen LogP contribution in [-0.2, 0) is 0 Å². The van der Waals surface area contributed by atoms with Crippen molar-refractivity contribution in [2.45, 2.75) is 26.3 Å². The van der Waals surface area contributed by atoms with Crippen LogP contribution in [0.5, 0.6) is 0 Å². The van der Waals surface area contributed by atoms with Gasteiger partial charge in [0.15, 0.2) is 5.65 Å². The van der Waals surface area contributed by atoms with Crippen LogP contribution >= 0.6 is 11.6 Å². The Morgan fingerprint density at radius 2 is 1.57 bits per heavy atom. The SMILES string of the molecule is CC(C)(C)NC(=O)c1cc(-c2ccc(F)cc2)nc2cc(-c3ccc(Cl)cc3)nn12. The van der Waals surface area contributed by atoms with Crippen molar-refractivity contribution in [1.29, 1.82) is 0 Å². The molecule has 4 rings (SSSR count). The molecule has 30 heavy (non-hydrogen) atoms. The van der Waals surface area contributed by atoms with Crippen molar-refractivity contribution in [3.05, 3.63) is 77.2 Å². The number of benzene rings is 2. The fraction of sp³-hybridized carbons (Fsp3) is 0.174. The molecule has 0 radical (unpaired) electrons. The van der Waals surface area contributed by atoms with E-state index < -0.39 is 5.54 Å². The lowest BCUT2D eigenvalue weighted by atomic mass is 10.1. The Bertz CT molecular complexity index is 1230. The van der Waals surface area contributed by atoms with Crippen LogP contribution in [-0.4, -0.2) is 26.0 Å². The minimum absolute atomic E-state index is 0.274. The first-order valence-corrected chi connectivity index (χ1v) is 9.83. The molecule has 5 nitrogen and oxygen atoms in total. The largest absolute Gasteiger partial charge is 0.346 e. The van der Waals surface area contributed by atoms with Crippen molar-refractivity contribution in [2.75, 3.05) is 0 Å². The minimum Gasteiger partial charge on any atom is -0.346 e. The predicted molar refractivity (Wildman–Crippen MR) is 116 cm³/mol. The topological polar surface area (TPSA) is 59.3 Å². The molecule has 4 aromatic rings. The van der Waals surface area contributed by atoms with Crippen LogP contribution in [0.15, 0.2) is 60.7 Å². The van der Waals surface area contributed by atoms with E-state index in [0.29, 0.717) is 33.3 Å². The van der Waals surface area contributed by atoms with Gasteiger partial charge in [0.05, 0.1) is 11.4 Å². The first kappa shape index (κ1) is 20.0. The van der Waals surface area contributed by atoms with Gasteiger partial charge in [0, 0.05) is 27.8 Å². The average molecular weight is 423 g/mol. The van der Waals surface area contributed by atoms with E-state index in [2.05, 4.69) is 15.4 Å². The zero-order chi connectivity index (χ0) is 21.5. The number of nitrogens with zero attached hydrogens (tertiary/aromatic N) is 3. The number of amides is 1. The number of aromatic nitrogens is 3. The monoisotopic (exact) mass is 422 g/mol. The fourth-order valence-corrected chi connectivity index (χ4v) is 3.20. The Morgan fingerprint density at radius 1 is 0.967 bits per heavy atom. The summed E-state index contributed by atoms with van der Waals surface area (Å²) in [7, 11) is 0. The van der Waals surface area contributed by atoms with Crippen molar-refractivity contribution >= 4 is 23.2 Å². The quantitative estimate of drug-likeness (QED) is 0.482. The van der Waals surface area contributed by atoms with Crippen molar-refractivity contribution in [3.8, 4) is 22.5 Å². The molecule has 0 bridgehead atoms. The number of rotatable bonds is 3. The van der Waals surface area contributed by atoms with Gasteiger partial charge < -0.3 is 5.32 Å². The molecule has 152 valence electrons. The Balaban J connectivity index is 1.89. The lowest BCUT2D eigenvalue weighted by Crippen LogP contribution is -2.41. The molecule has 0 spiro atoms. The summed E-state index contributed by atoms with van der Waals surface area (Å²) in [6.07, 6.45) is 0. The average Bonchev–Trinajstić information content (AvgIpc) is 3.11. The standard InChI is InChI=1S/C23H20ClFN4O/c1-23(2,3)27-22(30)20-12-18(14-6-10-17(25)11-7-14)26-21-13-19(28-29(20)21)15-4-8-16(24)9-5-15/h4-13H,1-3H3,(H,27,30). The summed E-state index contributed by atoms with van der Waals surface area (Å²) < 4.78 is 14.9. The van der Waals surface area contributed by atoms with Crippen LogP contribution in [0.4, 0.5) is 4.39 Å². The second-order valence-electron chi connectivity index (χ2n) is 8.04. The van der Waals surface area contributed by atoms with Gasteiger partial charge in [0.25, 0.3) is 5.91 Å². The molecule has 0 atom stereocenters. The third-order valence-corrected chi connectivity index (χ3v) is 4.68. The van der Waals surface area contributed by atoms with Crippen LogP contribution in [0.3, 0.4) is 0 Å².